The molecule has 11 nitrogen and oxygen atoms in total. The number of nitrogens with zero attached hydrogens (tertiary/aromatic N) is 6. The molecule has 1 aromatic carbocycles. The first-order chi connectivity index (χ1) is 17.3. The van der Waals surface area contributed by atoms with Crippen molar-refractivity contribution in [3.05, 3.63) is 45.9 Å². The van der Waals surface area contributed by atoms with Crippen LogP contribution >= 0.6 is 0 Å². The maximum Gasteiger partial charge on any atom is 0.328 e. The van der Waals surface area contributed by atoms with Gasteiger partial charge in [0.25, 0.3) is 0 Å². The molecule has 1 aliphatic rings. The summed E-state index contributed by atoms with van der Waals surface area (Å²) in [6.07, 6.45) is 1.88. The molecule has 0 bridgehead atoms. The Morgan fingerprint density at radius 1 is 1.08 bits per heavy atom. The molecule has 3 heterocycles. The predicted octanol–water partition coefficient (Wildman–Crippen LogP) is 1.13. The normalized spacial score (nSPS) is 14.6. The summed E-state index contributed by atoms with van der Waals surface area (Å²) >= 11 is 0. The van der Waals surface area contributed by atoms with Crippen LogP contribution in [0.4, 0.5) is 5.82 Å². The molecule has 11 heteroatoms. The Morgan fingerprint density at radius 2 is 1.75 bits per heavy atom. The molecule has 2 aromatic heterocycles. The van der Waals surface area contributed by atoms with E-state index >= 15 is 0 Å². The summed E-state index contributed by atoms with van der Waals surface area (Å²) in [5, 5.41) is 0. The third-order valence-corrected chi connectivity index (χ3v) is 6.31. The lowest BCUT2D eigenvalue weighted by Gasteiger charge is -2.35. The summed E-state index contributed by atoms with van der Waals surface area (Å²) in [7, 11) is 3.83. The zero-order valence-corrected chi connectivity index (χ0v) is 21.4. The van der Waals surface area contributed by atoms with Crippen LogP contribution in [0.1, 0.15) is 30.9 Å². The second kappa shape index (κ2) is 11.5. The van der Waals surface area contributed by atoms with Crippen molar-refractivity contribution in [1.29, 1.82) is 0 Å². The molecule has 0 unspecified atom stereocenters. The third-order valence-electron chi connectivity index (χ3n) is 6.31. The molecule has 3 N–H and O–H groups in total. The lowest BCUT2D eigenvalue weighted by atomic mass is 10.1. The Kier molecular flexibility index (Phi) is 8.21. The van der Waals surface area contributed by atoms with Gasteiger partial charge in [0.1, 0.15) is 5.52 Å². The number of likely N-dealkylation sites (N-methyl/N-ethyl adjacent to an activating group) is 1. The predicted molar refractivity (Wildman–Crippen MR) is 139 cm³/mol. The molecule has 4 rings (SSSR count). The number of nitrogen functional groups attached to an aromatic ring is 1. The number of aromatic amines is 1. The number of carbonyl (C=O) groups is 1. The van der Waals surface area contributed by atoms with Crippen LogP contribution in [0.5, 0.6) is 6.01 Å². The van der Waals surface area contributed by atoms with E-state index in [0.717, 1.165) is 51.1 Å². The molecule has 1 amide bonds. The van der Waals surface area contributed by atoms with E-state index in [-0.39, 0.29) is 23.4 Å². The lowest BCUT2D eigenvalue weighted by molar-refractivity contribution is -0.133. The lowest BCUT2D eigenvalue weighted by Crippen LogP contribution is -2.50. The zero-order chi connectivity index (χ0) is 25.7. The molecule has 194 valence electrons. The molecule has 1 saturated heterocycles. The van der Waals surface area contributed by atoms with E-state index in [4.69, 9.17) is 10.5 Å². The highest BCUT2D eigenvalue weighted by Gasteiger charge is 2.21. The first-order valence-corrected chi connectivity index (χ1v) is 12.5. The molecule has 0 spiro atoms. The highest BCUT2D eigenvalue weighted by atomic mass is 16.5. The highest BCUT2D eigenvalue weighted by molar-refractivity contribution is 5.82. The van der Waals surface area contributed by atoms with E-state index < -0.39 is 0 Å². The summed E-state index contributed by atoms with van der Waals surface area (Å²) < 4.78 is 7.17. The monoisotopic (exact) mass is 496 g/mol. The summed E-state index contributed by atoms with van der Waals surface area (Å²) in [5.74, 6) is 0.379. The number of anilines is 1. The fourth-order valence-electron chi connectivity index (χ4n) is 4.27. The number of imidazole rings is 1. The maximum atomic E-state index is 12.6. The first-order valence-electron chi connectivity index (χ1n) is 12.5. The molecule has 0 atom stereocenters. The number of unbranched alkanes of at least 4 members (excludes halogenated alkanes) is 1. The fourth-order valence-corrected chi connectivity index (χ4v) is 4.27. The van der Waals surface area contributed by atoms with Crippen molar-refractivity contribution in [3.8, 4) is 6.01 Å². The van der Waals surface area contributed by atoms with Gasteiger partial charge in [-0.1, -0.05) is 37.6 Å². The van der Waals surface area contributed by atoms with Crippen LogP contribution in [-0.2, 0) is 17.9 Å². The van der Waals surface area contributed by atoms with E-state index in [1.165, 1.54) is 5.56 Å². The average molecular weight is 497 g/mol. The number of hydrogen-bond acceptors (Lipinski definition) is 8. The average Bonchev–Trinajstić information content (AvgIpc) is 3.16. The van der Waals surface area contributed by atoms with Crippen LogP contribution in [-0.4, -0.2) is 93.6 Å². The summed E-state index contributed by atoms with van der Waals surface area (Å²) in [6.45, 7) is 7.43. The number of ether oxygens (including phenoxy) is 1. The minimum atomic E-state index is -0.289. The van der Waals surface area contributed by atoms with Crippen molar-refractivity contribution in [3.63, 3.8) is 0 Å². The van der Waals surface area contributed by atoms with Gasteiger partial charge in [0.15, 0.2) is 11.5 Å². The number of amides is 1. The van der Waals surface area contributed by atoms with Crippen LogP contribution < -0.4 is 16.2 Å². The van der Waals surface area contributed by atoms with Crippen molar-refractivity contribution in [2.24, 2.45) is 0 Å². The Morgan fingerprint density at radius 3 is 2.39 bits per heavy atom. The number of H-pyrrole nitrogens is 1. The van der Waals surface area contributed by atoms with Gasteiger partial charge in [-0.25, -0.2) is 4.79 Å². The van der Waals surface area contributed by atoms with Gasteiger partial charge in [-0.2, -0.15) is 9.97 Å². The quantitative estimate of drug-likeness (QED) is 0.400. The van der Waals surface area contributed by atoms with Crippen LogP contribution in [0, 0.1) is 0 Å². The number of piperazine rings is 1. The van der Waals surface area contributed by atoms with Crippen LogP contribution in [0.2, 0.25) is 0 Å². The molecular weight excluding hydrogens is 460 g/mol. The van der Waals surface area contributed by atoms with Crippen LogP contribution in [0.15, 0.2) is 29.1 Å². The summed E-state index contributed by atoms with van der Waals surface area (Å²) in [5.41, 5.74) is 8.78. The smallest absolute Gasteiger partial charge is 0.328 e. The molecule has 0 saturated carbocycles. The summed E-state index contributed by atoms with van der Waals surface area (Å²) in [6, 6.07) is 8.41. The number of aromatic nitrogens is 4. The van der Waals surface area contributed by atoms with Crippen molar-refractivity contribution in [2.45, 2.75) is 32.9 Å². The van der Waals surface area contributed by atoms with Crippen molar-refractivity contribution in [2.75, 3.05) is 59.2 Å². The van der Waals surface area contributed by atoms with Gasteiger partial charge in [-0.15, -0.1) is 0 Å². The van der Waals surface area contributed by atoms with Crippen molar-refractivity contribution < 1.29 is 9.53 Å². The molecular formula is C25H36N8O3. The van der Waals surface area contributed by atoms with Gasteiger partial charge >= 0.3 is 11.7 Å². The minimum absolute atomic E-state index is 0.181. The number of nitrogens with one attached hydrogen (secondary N) is 1. The van der Waals surface area contributed by atoms with Gasteiger partial charge in [0.05, 0.1) is 19.7 Å². The van der Waals surface area contributed by atoms with E-state index in [2.05, 4.69) is 38.9 Å². The number of nitrogens with two attached hydrogens (primary N) is 1. The zero-order valence-electron chi connectivity index (χ0n) is 21.4. The van der Waals surface area contributed by atoms with E-state index in [9.17, 15) is 9.59 Å². The van der Waals surface area contributed by atoms with Crippen LogP contribution in [0.25, 0.3) is 11.2 Å². The summed E-state index contributed by atoms with van der Waals surface area (Å²) in [4.78, 5) is 42.5. The number of hydrogen-bond donors (Lipinski definition) is 2. The molecule has 1 fully saturated rings. The number of benzene rings is 1. The second-order valence-electron chi connectivity index (χ2n) is 9.52. The Bertz CT molecular complexity index is 1230. The Hall–Kier alpha value is -3.44. The topological polar surface area (TPSA) is 126 Å². The minimum Gasteiger partial charge on any atom is -0.463 e. The van der Waals surface area contributed by atoms with Crippen LogP contribution in [0.3, 0.4) is 0 Å². The number of fused-ring (bicyclic) bond motifs is 1. The molecule has 1 aliphatic heterocycles. The highest BCUT2D eigenvalue weighted by Crippen LogP contribution is 2.19. The van der Waals surface area contributed by atoms with Gasteiger partial charge < -0.3 is 25.3 Å². The molecule has 0 aliphatic carbocycles. The van der Waals surface area contributed by atoms with E-state index in [1.807, 2.05) is 36.0 Å². The standard InChI is InChI=1S/C25H36N8O3/c1-4-5-14-36-24-28-22(26)21-23(29-24)33(25(35)27-21)16-19-8-6-18(7-9-19)15-31-10-12-32(13-11-31)20(34)17-30(2)3/h6-9H,4-5,10-17H2,1-3H3,(H,27,35)(H2,26,28,29). The van der Waals surface area contributed by atoms with E-state index in [0.29, 0.717) is 30.9 Å². The number of rotatable bonds is 10. The Labute approximate surface area is 210 Å². The van der Waals surface area contributed by atoms with Crippen molar-refractivity contribution >= 4 is 22.9 Å². The number of carbonyl (C=O) groups excluding carboxylic acids is 1. The third kappa shape index (κ3) is 6.21. The van der Waals surface area contributed by atoms with E-state index in [1.54, 1.807) is 4.57 Å². The molecule has 3 aromatic rings. The van der Waals surface area contributed by atoms with Gasteiger partial charge in [-0.3, -0.25) is 14.3 Å². The molecule has 0 radical (unpaired) electrons. The molecule has 36 heavy (non-hydrogen) atoms. The maximum absolute atomic E-state index is 12.6. The second-order valence-corrected chi connectivity index (χ2v) is 9.52. The fraction of sp³-hybridized carbons (Fsp3) is 0.520. The Balaban J connectivity index is 1.39. The largest absolute Gasteiger partial charge is 0.463 e. The van der Waals surface area contributed by atoms with Gasteiger partial charge in [0.2, 0.25) is 5.91 Å². The van der Waals surface area contributed by atoms with Gasteiger partial charge in [0, 0.05) is 32.7 Å². The SMILES string of the molecule is CCCCOc1nc(N)c2[nH]c(=O)n(Cc3ccc(CN4CCN(C(=O)CN(C)C)CC4)cc3)c2n1. The van der Waals surface area contributed by atoms with Crippen molar-refractivity contribution in [1.82, 2.24) is 34.2 Å². The van der Waals surface area contributed by atoms with Gasteiger partial charge in [-0.05, 0) is 31.6 Å². The first kappa shape index (κ1) is 25.6.